The van der Waals surface area contributed by atoms with E-state index in [0.717, 1.165) is 18.9 Å². The SMILES string of the molecule is CC(C)CCCCN=C(N)NC(C)(C)C. The molecule has 0 aromatic carbocycles. The molecule has 0 aliphatic rings. The predicted octanol–water partition coefficient (Wildman–Crippen LogP) is 2.52. The van der Waals surface area contributed by atoms with Crippen LogP contribution in [-0.2, 0) is 0 Å². The molecule has 0 rings (SSSR count). The van der Waals surface area contributed by atoms with E-state index in [1.807, 2.05) is 0 Å². The van der Waals surface area contributed by atoms with Gasteiger partial charge in [-0.3, -0.25) is 4.99 Å². The molecule has 0 aliphatic carbocycles. The number of rotatable bonds is 5. The van der Waals surface area contributed by atoms with Gasteiger partial charge in [0.25, 0.3) is 0 Å². The molecule has 0 aromatic heterocycles. The van der Waals surface area contributed by atoms with Gasteiger partial charge in [0.05, 0.1) is 0 Å². The summed E-state index contributed by atoms with van der Waals surface area (Å²) in [5.74, 6) is 1.35. The summed E-state index contributed by atoms with van der Waals surface area (Å²) in [5, 5.41) is 3.15. The number of hydrogen-bond acceptors (Lipinski definition) is 1. The van der Waals surface area contributed by atoms with Crippen LogP contribution in [0.2, 0.25) is 0 Å². The normalized spacial score (nSPS) is 13.3. The van der Waals surface area contributed by atoms with Gasteiger partial charge in [-0.15, -0.1) is 0 Å². The highest BCUT2D eigenvalue weighted by molar-refractivity contribution is 5.78. The molecule has 3 nitrogen and oxygen atoms in total. The Morgan fingerprint density at radius 1 is 1.27 bits per heavy atom. The maximum atomic E-state index is 5.74. The van der Waals surface area contributed by atoms with E-state index in [2.05, 4.69) is 44.9 Å². The fraction of sp³-hybridized carbons (Fsp3) is 0.917. The standard InChI is InChI=1S/C12H27N3/c1-10(2)8-6-7-9-14-11(13)15-12(3,4)5/h10H,6-9H2,1-5H3,(H3,13,14,15). The monoisotopic (exact) mass is 213 g/mol. The van der Waals surface area contributed by atoms with Crippen LogP contribution in [0, 0.1) is 5.92 Å². The Balaban J connectivity index is 3.59. The summed E-state index contributed by atoms with van der Waals surface area (Å²) >= 11 is 0. The summed E-state index contributed by atoms with van der Waals surface area (Å²) in [6, 6.07) is 0. The lowest BCUT2D eigenvalue weighted by Gasteiger charge is -2.20. The van der Waals surface area contributed by atoms with Crippen LogP contribution in [0.3, 0.4) is 0 Å². The summed E-state index contributed by atoms with van der Waals surface area (Å²) < 4.78 is 0. The lowest BCUT2D eigenvalue weighted by atomic mass is 10.1. The first kappa shape index (κ1) is 14.3. The second-order valence-electron chi connectivity index (χ2n) is 5.53. The minimum absolute atomic E-state index is 0.00547. The summed E-state index contributed by atoms with van der Waals surface area (Å²) in [6.07, 6.45) is 3.65. The quantitative estimate of drug-likeness (QED) is 0.419. The molecule has 3 N–H and O–H groups in total. The van der Waals surface area contributed by atoms with Crippen molar-refractivity contribution < 1.29 is 0 Å². The highest BCUT2D eigenvalue weighted by Gasteiger charge is 2.09. The van der Waals surface area contributed by atoms with Crippen LogP contribution < -0.4 is 11.1 Å². The van der Waals surface area contributed by atoms with Crippen molar-refractivity contribution in [1.29, 1.82) is 0 Å². The number of nitrogens with two attached hydrogens (primary N) is 1. The van der Waals surface area contributed by atoms with Crippen molar-refractivity contribution in [3.05, 3.63) is 0 Å². The minimum atomic E-state index is 0.00547. The lowest BCUT2D eigenvalue weighted by Crippen LogP contribution is -2.45. The van der Waals surface area contributed by atoms with Crippen molar-refractivity contribution in [2.24, 2.45) is 16.6 Å². The molecule has 0 spiro atoms. The molecule has 0 saturated carbocycles. The zero-order valence-corrected chi connectivity index (χ0v) is 10.9. The number of unbranched alkanes of at least 4 members (excludes halogenated alkanes) is 1. The van der Waals surface area contributed by atoms with Gasteiger partial charge in [0.2, 0.25) is 0 Å². The fourth-order valence-corrected chi connectivity index (χ4v) is 1.29. The third-order valence-electron chi connectivity index (χ3n) is 1.97. The van der Waals surface area contributed by atoms with E-state index in [1.165, 1.54) is 12.8 Å². The van der Waals surface area contributed by atoms with E-state index in [4.69, 9.17) is 5.73 Å². The molecule has 0 atom stereocenters. The first-order chi connectivity index (χ1) is 6.81. The largest absolute Gasteiger partial charge is 0.370 e. The van der Waals surface area contributed by atoms with E-state index < -0.39 is 0 Å². The van der Waals surface area contributed by atoms with Gasteiger partial charge in [-0.1, -0.05) is 26.7 Å². The average molecular weight is 213 g/mol. The van der Waals surface area contributed by atoms with Gasteiger partial charge in [-0.2, -0.15) is 0 Å². The summed E-state index contributed by atoms with van der Waals surface area (Å²) in [4.78, 5) is 4.29. The molecule has 0 fully saturated rings. The first-order valence-corrected chi connectivity index (χ1v) is 5.89. The maximum absolute atomic E-state index is 5.74. The second-order valence-corrected chi connectivity index (χ2v) is 5.53. The lowest BCUT2D eigenvalue weighted by molar-refractivity contribution is 0.506. The Morgan fingerprint density at radius 3 is 2.33 bits per heavy atom. The second kappa shape index (κ2) is 6.70. The van der Waals surface area contributed by atoms with Crippen molar-refractivity contribution >= 4 is 5.96 Å². The van der Waals surface area contributed by atoms with E-state index in [-0.39, 0.29) is 5.54 Å². The molecule has 0 bridgehead atoms. The zero-order chi connectivity index (χ0) is 11.9. The molecular weight excluding hydrogens is 186 g/mol. The summed E-state index contributed by atoms with van der Waals surface area (Å²) in [5.41, 5.74) is 5.75. The smallest absolute Gasteiger partial charge is 0.188 e. The Hall–Kier alpha value is -0.730. The van der Waals surface area contributed by atoms with Crippen LogP contribution in [0.15, 0.2) is 4.99 Å². The zero-order valence-electron chi connectivity index (χ0n) is 10.9. The maximum Gasteiger partial charge on any atom is 0.188 e. The number of aliphatic imine (C=N–C) groups is 1. The first-order valence-electron chi connectivity index (χ1n) is 5.89. The van der Waals surface area contributed by atoms with E-state index >= 15 is 0 Å². The van der Waals surface area contributed by atoms with Crippen LogP contribution >= 0.6 is 0 Å². The summed E-state index contributed by atoms with van der Waals surface area (Å²) in [7, 11) is 0. The topological polar surface area (TPSA) is 50.4 Å². The molecule has 0 unspecified atom stereocenters. The van der Waals surface area contributed by atoms with Gasteiger partial charge in [0.1, 0.15) is 0 Å². The highest BCUT2D eigenvalue weighted by atomic mass is 15.1. The van der Waals surface area contributed by atoms with Crippen LogP contribution in [-0.4, -0.2) is 18.0 Å². The molecule has 0 radical (unpaired) electrons. The molecule has 0 aliphatic heterocycles. The Kier molecular flexibility index (Phi) is 6.37. The van der Waals surface area contributed by atoms with E-state index in [1.54, 1.807) is 0 Å². The Bertz CT molecular complexity index is 190. The van der Waals surface area contributed by atoms with Crippen molar-refractivity contribution in [2.75, 3.05) is 6.54 Å². The molecule has 0 aromatic rings. The predicted molar refractivity (Wildman–Crippen MR) is 68.1 cm³/mol. The Morgan fingerprint density at radius 2 is 1.87 bits per heavy atom. The van der Waals surface area contributed by atoms with E-state index in [9.17, 15) is 0 Å². The number of nitrogens with zero attached hydrogens (tertiary/aromatic N) is 1. The van der Waals surface area contributed by atoms with Gasteiger partial charge >= 0.3 is 0 Å². The molecule has 15 heavy (non-hydrogen) atoms. The molecule has 0 amide bonds. The van der Waals surface area contributed by atoms with Crippen molar-refractivity contribution in [1.82, 2.24) is 5.32 Å². The van der Waals surface area contributed by atoms with Gasteiger partial charge in [-0.05, 0) is 33.1 Å². The van der Waals surface area contributed by atoms with Crippen LogP contribution in [0.4, 0.5) is 0 Å². The van der Waals surface area contributed by atoms with Crippen LogP contribution in [0.25, 0.3) is 0 Å². The van der Waals surface area contributed by atoms with Crippen LogP contribution in [0.5, 0.6) is 0 Å². The third kappa shape index (κ3) is 11.2. The van der Waals surface area contributed by atoms with Gasteiger partial charge in [0.15, 0.2) is 5.96 Å². The third-order valence-corrected chi connectivity index (χ3v) is 1.97. The van der Waals surface area contributed by atoms with Gasteiger partial charge < -0.3 is 11.1 Å². The molecule has 90 valence electrons. The van der Waals surface area contributed by atoms with E-state index in [0.29, 0.717) is 5.96 Å². The fourth-order valence-electron chi connectivity index (χ4n) is 1.29. The Labute approximate surface area is 94.5 Å². The van der Waals surface area contributed by atoms with Crippen molar-refractivity contribution in [3.8, 4) is 0 Å². The molecule has 0 saturated heterocycles. The van der Waals surface area contributed by atoms with Crippen molar-refractivity contribution in [3.63, 3.8) is 0 Å². The molecule has 3 heteroatoms. The molecular formula is C12H27N3. The average Bonchev–Trinajstić information content (AvgIpc) is 1.99. The summed E-state index contributed by atoms with van der Waals surface area (Å²) in [6.45, 7) is 11.6. The van der Waals surface area contributed by atoms with Crippen molar-refractivity contribution in [2.45, 2.75) is 59.4 Å². The number of guanidine groups is 1. The van der Waals surface area contributed by atoms with Gasteiger partial charge in [0, 0.05) is 12.1 Å². The van der Waals surface area contributed by atoms with Crippen LogP contribution in [0.1, 0.15) is 53.9 Å². The number of nitrogens with one attached hydrogen (secondary N) is 1. The molecule has 0 heterocycles. The number of hydrogen-bond donors (Lipinski definition) is 2. The minimum Gasteiger partial charge on any atom is -0.370 e. The van der Waals surface area contributed by atoms with Gasteiger partial charge in [-0.25, -0.2) is 0 Å². The highest BCUT2D eigenvalue weighted by Crippen LogP contribution is 2.05.